The van der Waals surface area contributed by atoms with Gasteiger partial charge in [0, 0.05) is 23.1 Å². The van der Waals surface area contributed by atoms with Gasteiger partial charge in [0.2, 0.25) is 0 Å². The Labute approximate surface area is 155 Å². The standard InChI is InChI=1S/C19H16ClN3O3/c1-13(18(24)22-16-7-5-15(20)6-8-16)26-19(25)14-3-9-17(10-4-14)23-12-2-11-21-23/h2-13H,1H3,(H,22,24). The number of carbonyl (C=O) groups excluding carboxylic acids is 2. The number of ether oxygens (including phenoxy) is 1. The molecule has 0 aliphatic rings. The third kappa shape index (κ3) is 4.29. The highest BCUT2D eigenvalue weighted by Gasteiger charge is 2.19. The molecule has 0 radical (unpaired) electrons. The van der Waals surface area contributed by atoms with Gasteiger partial charge in [0.1, 0.15) is 0 Å². The summed E-state index contributed by atoms with van der Waals surface area (Å²) in [4.78, 5) is 24.4. The lowest BCUT2D eigenvalue weighted by atomic mass is 10.2. The van der Waals surface area contributed by atoms with Crippen molar-refractivity contribution < 1.29 is 14.3 Å². The number of aromatic nitrogens is 2. The Morgan fingerprint density at radius 3 is 2.42 bits per heavy atom. The largest absolute Gasteiger partial charge is 0.449 e. The minimum absolute atomic E-state index is 0.354. The first-order chi connectivity index (χ1) is 12.5. The van der Waals surface area contributed by atoms with Crippen LogP contribution in [0, 0.1) is 0 Å². The number of rotatable bonds is 5. The van der Waals surface area contributed by atoms with Gasteiger partial charge in [-0.2, -0.15) is 5.10 Å². The van der Waals surface area contributed by atoms with E-state index in [9.17, 15) is 9.59 Å². The maximum Gasteiger partial charge on any atom is 0.338 e. The SMILES string of the molecule is CC(OC(=O)c1ccc(-n2cccn2)cc1)C(=O)Nc1ccc(Cl)cc1. The van der Waals surface area contributed by atoms with E-state index in [0.717, 1.165) is 5.69 Å². The van der Waals surface area contributed by atoms with E-state index in [1.54, 1.807) is 65.6 Å². The average Bonchev–Trinajstić information content (AvgIpc) is 3.18. The van der Waals surface area contributed by atoms with Crippen molar-refractivity contribution in [3.05, 3.63) is 77.6 Å². The quantitative estimate of drug-likeness (QED) is 0.696. The number of esters is 1. The number of anilines is 1. The van der Waals surface area contributed by atoms with Gasteiger partial charge in [-0.1, -0.05) is 11.6 Å². The number of hydrogen-bond donors (Lipinski definition) is 1. The van der Waals surface area contributed by atoms with Crippen molar-refractivity contribution in [2.45, 2.75) is 13.0 Å². The number of carbonyl (C=O) groups is 2. The molecule has 1 aromatic heterocycles. The van der Waals surface area contributed by atoms with Crippen LogP contribution in [-0.4, -0.2) is 27.8 Å². The van der Waals surface area contributed by atoms with Crippen molar-refractivity contribution in [2.24, 2.45) is 0 Å². The van der Waals surface area contributed by atoms with E-state index in [1.807, 2.05) is 6.07 Å². The third-order valence-corrected chi connectivity index (χ3v) is 3.89. The molecule has 2 aromatic carbocycles. The van der Waals surface area contributed by atoms with Gasteiger partial charge in [-0.15, -0.1) is 0 Å². The average molecular weight is 370 g/mol. The highest BCUT2D eigenvalue weighted by molar-refractivity contribution is 6.30. The molecule has 132 valence electrons. The molecule has 0 bridgehead atoms. The fourth-order valence-corrected chi connectivity index (χ4v) is 2.36. The van der Waals surface area contributed by atoms with Gasteiger partial charge in [-0.3, -0.25) is 4.79 Å². The predicted octanol–water partition coefficient (Wildman–Crippen LogP) is 3.71. The Kier molecular flexibility index (Phi) is 5.34. The van der Waals surface area contributed by atoms with Gasteiger partial charge in [-0.25, -0.2) is 9.48 Å². The molecular formula is C19H16ClN3O3. The molecule has 7 heteroatoms. The van der Waals surface area contributed by atoms with E-state index < -0.39 is 18.0 Å². The predicted molar refractivity (Wildman–Crippen MR) is 98.5 cm³/mol. The van der Waals surface area contributed by atoms with Crippen LogP contribution in [0.15, 0.2) is 67.0 Å². The first-order valence-electron chi connectivity index (χ1n) is 7.90. The van der Waals surface area contributed by atoms with Crippen LogP contribution in [-0.2, 0) is 9.53 Å². The molecule has 1 heterocycles. The summed E-state index contributed by atoms with van der Waals surface area (Å²) in [6, 6.07) is 15.2. The molecule has 26 heavy (non-hydrogen) atoms. The molecule has 6 nitrogen and oxygen atoms in total. The van der Waals surface area contributed by atoms with Crippen LogP contribution in [0.5, 0.6) is 0 Å². The Bertz CT molecular complexity index is 891. The van der Waals surface area contributed by atoms with Gasteiger partial charge < -0.3 is 10.1 Å². The molecule has 3 rings (SSSR count). The Morgan fingerprint density at radius 2 is 1.81 bits per heavy atom. The molecule has 1 amide bonds. The topological polar surface area (TPSA) is 73.2 Å². The molecule has 0 saturated carbocycles. The van der Waals surface area contributed by atoms with Gasteiger partial charge in [0.05, 0.1) is 11.3 Å². The number of nitrogens with one attached hydrogen (secondary N) is 1. The molecule has 0 spiro atoms. The van der Waals surface area contributed by atoms with E-state index in [1.165, 1.54) is 6.92 Å². The number of amides is 1. The molecule has 0 fully saturated rings. The van der Waals surface area contributed by atoms with Crippen molar-refractivity contribution in [1.29, 1.82) is 0 Å². The summed E-state index contributed by atoms with van der Waals surface area (Å²) in [7, 11) is 0. The molecule has 1 atom stereocenters. The zero-order valence-electron chi connectivity index (χ0n) is 13.9. The van der Waals surface area contributed by atoms with Gasteiger partial charge in [0.15, 0.2) is 6.10 Å². The fraction of sp³-hybridized carbons (Fsp3) is 0.105. The normalized spacial score (nSPS) is 11.6. The van der Waals surface area contributed by atoms with E-state index in [0.29, 0.717) is 16.3 Å². The van der Waals surface area contributed by atoms with Gasteiger partial charge in [0.25, 0.3) is 5.91 Å². The van der Waals surface area contributed by atoms with E-state index in [-0.39, 0.29) is 0 Å². The van der Waals surface area contributed by atoms with Crippen molar-refractivity contribution >= 4 is 29.2 Å². The maximum atomic E-state index is 12.2. The van der Waals surface area contributed by atoms with Crippen LogP contribution in [0.2, 0.25) is 5.02 Å². The number of halogens is 1. The summed E-state index contributed by atoms with van der Waals surface area (Å²) in [5, 5.41) is 7.35. The third-order valence-electron chi connectivity index (χ3n) is 3.64. The summed E-state index contributed by atoms with van der Waals surface area (Å²) in [6.07, 6.45) is 2.53. The van der Waals surface area contributed by atoms with E-state index in [2.05, 4.69) is 10.4 Å². The molecule has 1 unspecified atom stereocenters. The lowest BCUT2D eigenvalue weighted by molar-refractivity contribution is -0.123. The zero-order chi connectivity index (χ0) is 18.5. The maximum absolute atomic E-state index is 12.2. The number of hydrogen-bond acceptors (Lipinski definition) is 4. The van der Waals surface area contributed by atoms with E-state index in [4.69, 9.17) is 16.3 Å². The number of benzene rings is 2. The minimum Gasteiger partial charge on any atom is -0.449 e. The van der Waals surface area contributed by atoms with Crippen LogP contribution in [0.4, 0.5) is 5.69 Å². The molecule has 3 aromatic rings. The second-order valence-corrected chi connectivity index (χ2v) is 5.98. The summed E-state index contributed by atoms with van der Waals surface area (Å²) < 4.78 is 6.90. The molecule has 0 aliphatic heterocycles. The Balaban J connectivity index is 1.59. The monoisotopic (exact) mass is 369 g/mol. The molecule has 0 saturated heterocycles. The minimum atomic E-state index is -0.941. The number of nitrogens with zero attached hydrogens (tertiary/aromatic N) is 2. The molecule has 1 N–H and O–H groups in total. The second-order valence-electron chi connectivity index (χ2n) is 5.54. The van der Waals surface area contributed by atoms with Gasteiger partial charge in [-0.05, 0) is 61.5 Å². The summed E-state index contributed by atoms with van der Waals surface area (Å²) >= 11 is 5.80. The molecular weight excluding hydrogens is 354 g/mol. The summed E-state index contributed by atoms with van der Waals surface area (Å²) in [5.41, 5.74) is 1.75. The van der Waals surface area contributed by atoms with Crippen LogP contribution in [0.3, 0.4) is 0 Å². The molecule has 0 aliphatic carbocycles. The van der Waals surface area contributed by atoms with Crippen LogP contribution in [0.1, 0.15) is 17.3 Å². The van der Waals surface area contributed by atoms with Crippen molar-refractivity contribution in [3.63, 3.8) is 0 Å². The zero-order valence-corrected chi connectivity index (χ0v) is 14.7. The lowest BCUT2D eigenvalue weighted by Crippen LogP contribution is -2.30. The second kappa shape index (κ2) is 7.84. The Hall–Kier alpha value is -3.12. The lowest BCUT2D eigenvalue weighted by Gasteiger charge is -2.14. The van der Waals surface area contributed by atoms with Crippen molar-refractivity contribution in [2.75, 3.05) is 5.32 Å². The van der Waals surface area contributed by atoms with E-state index >= 15 is 0 Å². The first-order valence-corrected chi connectivity index (χ1v) is 8.28. The summed E-state index contributed by atoms with van der Waals surface area (Å²) in [6.45, 7) is 1.52. The summed E-state index contributed by atoms with van der Waals surface area (Å²) in [5.74, 6) is -0.996. The first kappa shape index (κ1) is 17.7. The van der Waals surface area contributed by atoms with Crippen LogP contribution in [0.25, 0.3) is 5.69 Å². The fourth-order valence-electron chi connectivity index (χ4n) is 2.23. The van der Waals surface area contributed by atoms with Crippen LogP contribution < -0.4 is 5.32 Å². The smallest absolute Gasteiger partial charge is 0.338 e. The highest BCUT2D eigenvalue weighted by Crippen LogP contribution is 2.15. The van der Waals surface area contributed by atoms with Gasteiger partial charge >= 0.3 is 5.97 Å². The van der Waals surface area contributed by atoms with Crippen LogP contribution >= 0.6 is 11.6 Å². The highest BCUT2D eigenvalue weighted by atomic mass is 35.5. The Morgan fingerprint density at radius 1 is 1.12 bits per heavy atom. The van der Waals surface area contributed by atoms with Crippen molar-refractivity contribution in [3.8, 4) is 5.69 Å². The van der Waals surface area contributed by atoms with Crippen molar-refractivity contribution in [1.82, 2.24) is 9.78 Å².